The number of hydrogen-bond acceptors (Lipinski definition) is 3. The van der Waals surface area contributed by atoms with Gasteiger partial charge in [-0.05, 0) is 43.7 Å². The summed E-state index contributed by atoms with van der Waals surface area (Å²) in [4.78, 5) is 0. The first-order valence-corrected chi connectivity index (χ1v) is 6.53. The molecule has 1 aromatic rings. The Kier molecular flexibility index (Phi) is 2.83. The van der Waals surface area contributed by atoms with Crippen molar-refractivity contribution in [1.29, 1.82) is 0 Å². The molecule has 1 saturated carbocycles. The van der Waals surface area contributed by atoms with Crippen LogP contribution in [0.2, 0.25) is 0 Å². The number of thioether (sulfide) groups is 1. The van der Waals surface area contributed by atoms with E-state index in [1.165, 1.54) is 18.4 Å². The summed E-state index contributed by atoms with van der Waals surface area (Å²) < 4.78 is 0.483. The van der Waals surface area contributed by atoms with Crippen molar-refractivity contribution >= 4 is 23.1 Å². The van der Waals surface area contributed by atoms with Crippen LogP contribution in [-0.4, -0.2) is 17.5 Å². The van der Waals surface area contributed by atoms with Crippen LogP contribution in [0.1, 0.15) is 18.4 Å². The monoisotopic (exact) mass is 222 g/mol. The Hall–Kier alpha value is -0.830. The van der Waals surface area contributed by atoms with Crippen molar-refractivity contribution in [2.24, 2.45) is 0 Å². The van der Waals surface area contributed by atoms with Crippen LogP contribution in [0.15, 0.2) is 18.2 Å². The SMILES string of the molecule is CSC1(CNc2ccc(C)cc2N)CC1. The second-order valence-corrected chi connectivity index (χ2v) is 5.61. The Morgan fingerprint density at radius 2 is 2.20 bits per heavy atom. The van der Waals surface area contributed by atoms with Crippen molar-refractivity contribution in [2.75, 3.05) is 23.9 Å². The van der Waals surface area contributed by atoms with Crippen LogP contribution in [0.25, 0.3) is 0 Å². The predicted molar refractivity (Wildman–Crippen MR) is 69.6 cm³/mol. The van der Waals surface area contributed by atoms with Gasteiger partial charge in [0.05, 0.1) is 11.4 Å². The van der Waals surface area contributed by atoms with E-state index in [0.29, 0.717) is 4.75 Å². The number of rotatable bonds is 4. The van der Waals surface area contributed by atoms with Crippen molar-refractivity contribution < 1.29 is 0 Å². The Labute approximate surface area is 95.6 Å². The first kappa shape index (κ1) is 10.7. The molecular formula is C12H18N2S. The lowest BCUT2D eigenvalue weighted by molar-refractivity contribution is 0.950. The van der Waals surface area contributed by atoms with Gasteiger partial charge in [0.2, 0.25) is 0 Å². The average molecular weight is 222 g/mol. The molecule has 0 amide bonds. The third-order valence-electron chi connectivity index (χ3n) is 3.05. The van der Waals surface area contributed by atoms with E-state index in [2.05, 4.69) is 30.6 Å². The number of anilines is 2. The molecule has 0 radical (unpaired) electrons. The molecule has 2 rings (SSSR count). The molecule has 1 aromatic carbocycles. The van der Waals surface area contributed by atoms with Gasteiger partial charge >= 0.3 is 0 Å². The van der Waals surface area contributed by atoms with E-state index in [-0.39, 0.29) is 0 Å². The highest BCUT2D eigenvalue weighted by Gasteiger charge is 2.41. The van der Waals surface area contributed by atoms with Gasteiger partial charge in [0.25, 0.3) is 0 Å². The van der Waals surface area contributed by atoms with Crippen LogP contribution in [0.4, 0.5) is 11.4 Å². The van der Waals surface area contributed by atoms with E-state index in [9.17, 15) is 0 Å². The van der Waals surface area contributed by atoms with Crippen molar-refractivity contribution in [3.8, 4) is 0 Å². The zero-order valence-corrected chi connectivity index (χ0v) is 10.2. The number of nitrogens with two attached hydrogens (primary N) is 1. The molecule has 1 aliphatic rings. The predicted octanol–water partition coefficient (Wildman–Crippen LogP) is 2.88. The lowest BCUT2D eigenvalue weighted by Crippen LogP contribution is -2.18. The minimum absolute atomic E-state index is 0.483. The minimum Gasteiger partial charge on any atom is -0.397 e. The fraction of sp³-hybridized carbons (Fsp3) is 0.500. The van der Waals surface area contributed by atoms with Crippen LogP contribution >= 0.6 is 11.8 Å². The molecule has 0 aromatic heterocycles. The highest BCUT2D eigenvalue weighted by Crippen LogP contribution is 2.47. The van der Waals surface area contributed by atoms with Crippen LogP contribution in [0.5, 0.6) is 0 Å². The van der Waals surface area contributed by atoms with Crippen LogP contribution in [0.3, 0.4) is 0 Å². The molecule has 0 aliphatic heterocycles. The van der Waals surface area contributed by atoms with E-state index >= 15 is 0 Å². The second kappa shape index (κ2) is 3.97. The van der Waals surface area contributed by atoms with Gasteiger partial charge in [0.1, 0.15) is 0 Å². The largest absolute Gasteiger partial charge is 0.397 e. The molecule has 0 saturated heterocycles. The van der Waals surface area contributed by atoms with Gasteiger partial charge in [0, 0.05) is 11.3 Å². The summed E-state index contributed by atoms with van der Waals surface area (Å²) in [7, 11) is 0. The highest BCUT2D eigenvalue weighted by molar-refractivity contribution is 8.00. The van der Waals surface area contributed by atoms with Gasteiger partial charge < -0.3 is 11.1 Å². The Morgan fingerprint density at radius 1 is 1.47 bits per heavy atom. The molecule has 0 heterocycles. The van der Waals surface area contributed by atoms with Gasteiger partial charge in [-0.25, -0.2) is 0 Å². The number of benzene rings is 1. The number of nitrogens with one attached hydrogen (secondary N) is 1. The first-order valence-electron chi connectivity index (χ1n) is 5.30. The maximum Gasteiger partial charge on any atom is 0.0574 e. The third-order valence-corrected chi connectivity index (χ3v) is 4.47. The van der Waals surface area contributed by atoms with E-state index < -0.39 is 0 Å². The standard InChI is InChI=1S/C12H18N2S/c1-9-3-4-11(10(13)7-9)14-8-12(15-2)5-6-12/h3-4,7,14H,5-6,8,13H2,1-2H3. The van der Waals surface area contributed by atoms with E-state index in [1.54, 1.807) is 0 Å². The average Bonchev–Trinajstić information content (AvgIpc) is 2.97. The third kappa shape index (κ3) is 2.40. The lowest BCUT2D eigenvalue weighted by Gasteiger charge is -2.15. The first-order chi connectivity index (χ1) is 7.15. The summed E-state index contributed by atoms with van der Waals surface area (Å²) in [6.45, 7) is 3.09. The molecular weight excluding hydrogens is 204 g/mol. The zero-order valence-electron chi connectivity index (χ0n) is 9.34. The molecule has 0 unspecified atom stereocenters. The van der Waals surface area contributed by atoms with E-state index in [1.807, 2.05) is 17.8 Å². The summed E-state index contributed by atoms with van der Waals surface area (Å²) in [6, 6.07) is 6.18. The summed E-state index contributed by atoms with van der Waals surface area (Å²) >= 11 is 1.96. The fourth-order valence-electron chi connectivity index (χ4n) is 1.69. The van der Waals surface area contributed by atoms with Gasteiger partial charge in [-0.1, -0.05) is 6.07 Å². The van der Waals surface area contributed by atoms with Gasteiger partial charge in [-0.3, -0.25) is 0 Å². The Bertz CT molecular complexity index is 359. The quantitative estimate of drug-likeness (QED) is 0.769. The minimum atomic E-state index is 0.483. The smallest absolute Gasteiger partial charge is 0.0574 e. The molecule has 3 N–H and O–H groups in total. The van der Waals surface area contributed by atoms with Crippen molar-refractivity contribution in [1.82, 2.24) is 0 Å². The van der Waals surface area contributed by atoms with Crippen molar-refractivity contribution in [3.63, 3.8) is 0 Å². The van der Waals surface area contributed by atoms with E-state index in [4.69, 9.17) is 5.73 Å². The second-order valence-electron chi connectivity index (χ2n) is 4.33. The normalized spacial score (nSPS) is 17.5. The van der Waals surface area contributed by atoms with Gasteiger partial charge in [-0.15, -0.1) is 0 Å². The molecule has 15 heavy (non-hydrogen) atoms. The number of hydrogen-bond donors (Lipinski definition) is 2. The van der Waals surface area contributed by atoms with Crippen LogP contribution in [-0.2, 0) is 0 Å². The van der Waals surface area contributed by atoms with Gasteiger partial charge in [-0.2, -0.15) is 11.8 Å². The summed E-state index contributed by atoms with van der Waals surface area (Å²) in [5.41, 5.74) is 9.08. The molecule has 0 spiro atoms. The number of nitrogen functional groups attached to an aromatic ring is 1. The zero-order chi connectivity index (χ0) is 10.9. The summed E-state index contributed by atoms with van der Waals surface area (Å²) in [5.74, 6) is 0. The van der Waals surface area contributed by atoms with Gasteiger partial charge in [0.15, 0.2) is 0 Å². The molecule has 82 valence electrons. The van der Waals surface area contributed by atoms with Crippen LogP contribution in [0, 0.1) is 6.92 Å². The lowest BCUT2D eigenvalue weighted by atomic mass is 10.2. The summed E-state index contributed by atoms with van der Waals surface area (Å²) in [5, 5.41) is 3.45. The van der Waals surface area contributed by atoms with E-state index in [0.717, 1.165) is 17.9 Å². The maximum absolute atomic E-state index is 5.94. The highest BCUT2D eigenvalue weighted by atomic mass is 32.2. The molecule has 0 bridgehead atoms. The molecule has 1 fully saturated rings. The molecule has 0 atom stereocenters. The topological polar surface area (TPSA) is 38.0 Å². The molecule has 3 heteroatoms. The van der Waals surface area contributed by atoms with Crippen molar-refractivity contribution in [3.05, 3.63) is 23.8 Å². The molecule has 1 aliphatic carbocycles. The maximum atomic E-state index is 5.94. The fourth-order valence-corrected chi connectivity index (χ4v) is 2.42. The number of aryl methyl sites for hydroxylation is 1. The molecule has 2 nitrogen and oxygen atoms in total. The van der Waals surface area contributed by atoms with Crippen LogP contribution < -0.4 is 11.1 Å². The Morgan fingerprint density at radius 3 is 2.73 bits per heavy atom. The van der Waals surface area contributed by atoms with Crippen molar-refractivity contribution in [2.45, 2.75) is 24.5 Å². The Balaban J connectivity index is 1.99. The summed E-state index contributed by atoms with van der Waals surface area (Å²) in [6.07, 6.45) is 4.84.